The van der Waals surface area contributed by atoms with Gasteiger partial charge in [0.25, 0.3) is 0 Å². The Labute approximate surface area is 173 Å². The third kappa shape index (κ3) is 6.68. The van der Waals surface area contributed by atoms with Gasteiger partial charge in [0.2, 0.25) is 0 Å². The summed E-state index contributed by atoms with van der Waals surface area (Å²) >= 11 is 0. The van der Waals surface area contributed by atoms with Crippen LogP contribution < -0.4 is 0 Å². The molecule has 2 aliphatic carbocycles. The van der Waals surface area contributed by atoms with Crippen molar-refractivity contribution in [3.05, 3.63) is 23.8 Å². The monoisotopic (exact) mass is 408 g/mol. The second-order valence-electron chi connectivity index (χ2n) is 8.69. The molecule has 6 nitrogen and oxygen atoms in total. The van der Waals surface area contributed by atoms with Crippen LogP contribution in [-0.2, 0) is 14.3 Å². The number of fused-ring (bicyclic) bond motifs is 1. The third-order valence-electron chi connectivity index (χ3n) is 6.42. The summed E-state index contributed by atoms with van der Waals surface area (Å²) in [6, 6.07) is 0. The summed E-state index contributed by atoms with van der Waals surface area (Å²) in [5.74, 6) is -0.691. The number of carboxylic acid groups (broad SMARTS) is 1. The maximum Gasteiger partial charge on any atom is 0.308 e. The average Bonchev–Trinajstić information content (AvgIpc) is 2.66. The molecule has 0 saturated heterocycles. The van der Waals surface area contributed by atoms with Crippen molar-refractivity contribution in [3.63, 3.8) is 0 Å². The fourth-order valence-corrected chi connectivity index (χ4v) is 4.49. The average molecular weight is 409 g/mol. The van der Waals surface area contributed by atoms with E-state index in [9.17, 15) is 19.8 Å². The molecular weight excluding hydrogens is 372 g/mol. The highest BCUT2D eigenvalue weighted by Crippen LogP contribution is 2.44. The predicted molar refractivity (Wildman–Crippen MR) is 110 cm³/mol. The van der Waals surface area contributed by atoms with E-state index in [0.717, 1.165) is 25.7 Å². The summed E-state index contributed by atoms with van der Waals surface area (Å²) in [5.41, 5.74) is 1.21. The molecule has 164 valence electrons. The summed E-state index contributed by atoms with van der Waals surface area (Å²) in [4.78, 5) is 23.1. The molecule has 6 heteroatoms. The molecule has 0 aromatic carbocycles. The highest BCUT2D eigenvalue weighted by Gasteiger charge is 2.40. The molecule has 0 saturated carbocycles. The van der Waals surface area contributed by atoms with Crippen LogP contribution in [0.1, 0.15) is 65.7 Å². The van der Waals surface area contributed by atoms with Crippen molar-refractivity contribution in [1.29, 1.82) is 0 Å². The van der Waals surface area contributed by atoms with Gasteiger partial charge in [-0.1, -0.05) is 39.0 Å². The minimum Gasteiger partial charge on any atom is -0.481 e. The van der Waals surface area contributed by atoms with Gasteiger partial charge in [-0.25, -0.2) is 0 Å². The van der Waals surface area contributed by atoms with E-state index < -0.39 is 18.2 Å². The van der Waals surface area contributed by atoms with Crippen LogP contribution in [0.25, 0.3) is 0 Å². The number of aliphatic carboxylic acids is 1. The van der Waals surface area contributed by atoms with Crippen LogP contribution in [0.5, 0.6) is 0 Å². The summed E-state index contributed by atoms with van der Waals surface area (Å²) in [6.07, 6.45) is 7.97. The minimum atomic E-state index is -1.07. The Morgan fingerprint density at radius 2 is 2.00 bits per heavy atom. The molecule has 0 heterocycles. The highest BCUT2D eigenvalue weighted by molar-refractivity contribution is 5.72. The zero-order valence-corrected chi connectivity index (χ0v) is 17.8. The Balaban J connectivity index is 2.03. The van der Waals surface area contributed by atoms with Crippen LogP contribution in [0, 0.1) is 23.7 Å². The Morgan fingerprint density at radius 1 is 1.28 bits per heavy atom. The van der Waals surface area contributed by atoms with Crippen molar-refractivity contribution < 1.29 is 29.6 Å². The first kappa shape index (κ1) is 23.6. The van der Waals surface area contributed by atoms with Crippen LogP contribution in [0.2, 0.25) is 0 Å². The number of hydrogen-bond acceptors (Lipinski definition) is 5. The number of carbonyl (C=O) groups excluding carboxylic acids is 1. The highest BCUT2D eigenvalue weighted by atomic mass is 16.5. The van der Waals surface area contributed by atoms with E-state index in [1.54, 1.807) is 0 Å². The zero-order valence-electron chi connectivity index (χ0n) is 17.8. The van der Waals surface area contributed by atoms with Crippen LogP contribution >= 0.6 is 0 Å². The van der Waals surface area contributed by atoms with Crippen LogP contribution in [0.15, 0.2) is 23.8 Å². The first-order valence-corrected chi connectivity index (χ1v) is 10.9. The number of allylic oxidation sites excluding steroid dienone is 3. The molecule has 2 unspecified atom stereocenters. The van der Waals surface area contributed by atoms with Crippen molar-refractivity contribution in [1.82, 2.24) is 0 Å². The molecule has 0 spiro atoms. The summed E-state index contributed by atoms with van der Waals surface area (Å²) in [5, 5.41) is 28.8. The largest absolute Gasteiger partial charge is 0.481 e. The second-order valence-corrected chi connectivity index (χ2v) is 8.69. The SMILES string of the molecule is CC[C@H](C)C(=O)O[C@H]1CCC=C2C=C[C@H](C)C(CC[C@@H](O)C[C@@H](O)CC(=O)O)C21. The van der Waals surface area contributed by atoms with Gasteiger partial charge in [0.05, 0.1) is 24.5 Å². The van der Waals surface area contributed by atoms with Gasteiger partial charge >= 0.3 is 11.9 Å². The molecule has 0 aromatic heterocycles. The molecule has 29 heavy (non-hydrogen) atoms. The molecule has 0 amide bonds. The Bertz CT molecular complexity index is 625. The number of aliphatic hydroxyl groups excluding tert-OH is 2. The minimum absolute atomic E-state index is 0.0586. The van der Waals surface area contributed by atoms with Crippen molar-refractivity contribution >= 4 is 11.9 Å². The molecule has 3 N–H and O–H groups in total. The molecular formula is C23H36O6. The quantitative estimate of drug-likeness (QED) is 0.478. The van der Waals surface area contributed by atoms with Gasteiger partial charge in [0.15, 0.2) is 0 Å². The van der Waals surface area contributed by atoms with Crippen LogP contribution in [0.4, 0.5) is 0 Å². The molecule has 2 aliphatic rings. The first-order chi connectivity index (χ1) is 13.7. The van der Waals surface area contributed by atoms with Gasteiger partial charge in [-0.05, 0) is 55.9 Å². The maximum atomic E-state index is 12.4. The maximum absolute atomic E-state index is 12.4. The molecule has 0 bridgehead atoms. The van der Waals surface area contributed by atoms with Gasteiger partial charge < -0.3 is 20.1 Å². The molecule has 2 rings (SSSR count). The molecule has 0 aliphatic heterocycles. The van der Waals surface area contributed by atoms with E-state index in [4.69, 9.17) is 9.84 Å². The van der Waals surface area contributed by atoms with Gasteiger partial charge in [-0.2, -0.15) is 0 Å². The van der Waals surface area contributed by atoms with Crippen molar-refractivity contribution in [3.8, 4) is 0 Å². The van der Waals surface area contributed by atoms with Crippen LogP contribution in [0.3, 0.4) is 0 Å². The van der Waals surface area contributed by atoms with E-state index in [1.165, 1.54) is 5.57 Å². The summed E-state index contributed by atoms with van der Waals surface area (Å²) in [6.45, 7) is 6.01. The van der Waals surface area contributed by atoms with Crippen molar-refractivity contribution in [2.75, 3.05) is 0 Å². The Kier molecular flexibility index (Phi) is 8.90. The lowest BCUT2D eigenvalue weighted by Gasteiger charge is -2.42. The number of carboxylic acids is 1. The van der Waals surface area contributed by atoms with E-state index in [-0.39, 0.29) is 48.6 Å². The molecule has 7 atom stereocenters. The normalized spacial score (nSPS) is 29.3. The van der Waals surface area contributed by atoms with E-state index >= 15 is 0 Å². The fourth-order valence-electron chi connectivity index (χ4n) is 4.49. The first-order valence-electron chi connectivity index (χ1n) is 10.9. The van der Waals surface area contributed by atoms with Gasteiger partial charge in [-0.15, -0.1) is 0 Å². The second kappa shape index (κ2) is 10.9. The van der Waals surface area contributed by atoms with Gasteiger partial charge in [-0.3, -0.25) is 9.59 Å². The van der Waals surface area contributed by atoms with Crippen molar-refractivity contribution in [2.24, 2.45) is 23.7 Å². The number of rotatable bonds is 10. The lowest BCUT2D eigenvalue weighted by molar-refractivity contribution is -0.158. The van der Waals surface area contributed by atoms with E-state index in [1.807, 2.05) is 13.8 Å². The number of esters is 1. The number of ether oxygens (including phenoxy) is 1. The summed E-state index contributed by atoms with van der Waals surface area (Å²) in [7, 11) is 0. The predicted octanol–water partition coefficient (Wildman–Crippen LogP) is 3.47. The number of carbonyl (C=O) groups is 2. The van der Waals surface area contributed by atoms with Gasteiger partial charge in [0, 0.05) is 5.92 Å². The lowest BCUT2D eigenvalue weighted by atomic mass is 9.66. The number of hydrogen-bond donors (Lipinski definition) is 3. The number of aliphatic hydroxyl groups is 2. The Morgan fingerprint density at radius 3 is 2.66 bits per heavy atom. The van der Waals surface area contributed by atoms with E-state index in [2.05, 4.69) is 25.2 Å². The van der Waals surface area contributed by atoms with Crippen LogP contribution in [-0.4, -0.2) is 45.6 Å². The topological polar surface area (TPSA) is 104 Å². The third-order valence-corrected chi connectivity index (χ3v) is 6.42. The van der Waals surface area contributed by atoms with Gasteiger partial charge in [0.1, 0.15) is 6.10 Å². The molecule has 0 aromatic rings. The van der Waals surface area contributed by atoms with E-state index in [0.29, 0.717) is 6.42 Å². The molecule has 0 fully saturated rings. The van der Waals surface area contributed by atoms with Crippen molar-refractivity contribution in [2.45, 2.75) is 84.0 Å². The fraction of sp³-hybridized carbons (Fsp3) is 0.739. The standard InChI is InChI=1S/C23H36O6/c1-4-14(2)23(28)29-20-7-5-6-16-9-8-15(3)19(22(16)20)11-10-17(24)12-18(25)13-21(26)27/h6,8-9,14-15,17-20,22,24-25H,4-5,7,10-13H2,1-3H3,(H,26,27)/t14-,15-,17+,18+,19?,20-,22?/m0/s1. The Hall–Kier alpha value is -1.66. The zero-order chi connectivity index (χ0) is 21.6. The lowest BCUT2D eigenvalue weighted by Crippen LogP contribution is -2.40. The smallest absolute Gasteiger partial charge is 0.308 e. The summed E-state index contributed by atoms with van der Waals surface area (Å²) < 4.78 is 5.93. The molecule has 0 radical (unpaired) electrons.